The van der Waals surface area contributed by atoms with E-state index in [4.69, 9.17) is 5.73 Å². The average molecular weight is 266 g/mol. The number of rotatable bonds is 6. The summed E-state index contributed by atoms with van der Waals surface area (Å²) < 4.78 is 37.4. The Balaban J connectivity index is 2.29. The second-order valence-electron chi connectivity index (χ2n) is 4.28. The molecule has 0 radical (unpaired) electrons. The maximum atomic E-state index is 12.0. The van der Waals surface area contributed by atoms with Crippen LogP contribution in [0.25, 0.3) is 0 Å². The fraction of sp³-hybridized carbons (Fsp3) is 0.700. The van der Waals surface area contributed by atoms with E-state index in [1.807, 2.05) is 0 Å². The topological polar surface area (TPSA) is 67.3 Å². The summed E-state index contributed by atoms with van der Waals surface area (Å²) in [5.41, 5.74) is 5.93. The highest BCUT2D eigenvalue weighted by Gasteiger charge is 2.27. The predicted octanol–water partition coefficient (Wildman–Crippen LogP) is 0.710. The van der Waals surface area contributed by atoms with Crippen LogP contribution in [-0.4, -0.2) is 52.2 Å². The predicted molar refractivity (Wildman–Crippen MR) is 60.8 cm³/mol. The van der Waals surface area contributed by atoms with Crippen molar-refractivity contribution in [2.24, 2.45) is 0 Å². The third-order valence-electron chi connectivity index (χ3n) is 2.35. The highest BCUT2D eigenvalue weighted by Crippen LogP contribution is 2.19. The minimum Gasteiger partial charge on any atom is -0.396 e. The van der Waals surface area contributed by atoms with Gasteiger partial charge in [0.15, 0.2) is 0 Å². The highest BCUT2D eigenvalue weighted by molar-refractivity contribution is 5.30. The zero-order valence-corrected chi connectivity index (χ0v) is 10.1. The number of aliphatic hydroxyl groups excluding tert-OH is 1. The van der Waals surface area contributed by atoms with Crippen molar-refractivity contribution in [2.45, 2.75) is 25.2 Å². The number of hydrogen-bond acceptors (Lipinski definition) is 4. The van der Waals surface area contributed by atoms with Crippen LogP contribution < -0.4 is 5.73 Å². The number of nitrogens with two attached hydrogens (primary N) is 1. The van der Waals surface area contributed by atoms with E-state index < -0.39 is 18.7 Å². The summed E-state index contributed by atoms with van der Waals surface area (Å²) in [7, 11) is 1.53. The summed E-state index contributed by atoms with van der Waals surface area (Å²) in [6.45, 7) is 0.214. The van der Waals surface area contributed by atoms with Gasteiger partial charge < -0.3 is 15.7 Å². The first-order valence-corrected chi connectivity index (χ1v) is 5.47. The van der Waals surface area contributed by atoms with Crippen molar-refractivity contribution in [1.82, 2.24) is 14.7 Å². The lowest BCUT2D eigenvalue weighted by Crippen LogP contribution is -2.34. The molecule has 0 aromatic carbocycles. The number of aromatic nitrogens is 2. The maximum absolute atomic E-state index is 12.0. The zero-order chi connectivity index (χ0) is 13.8. The van der Waals surface area contributed by atoms with Gasteiger partial charge in [0.25, 0.3) is 0 Å². The van der Waals surface area contributed by atoms with E-state index in [-0.39, 0.29) is 19.6 Å². The number of halogens is 3. The molecule has 18 heavy (non-hydrogen) atoms. The highest BCUT2D eigenvalue weighted by atomic mass is 19.4. The van der Waals surface area contributed by atoms with Crippen LogP contribution in [0.5, 0.6) is 0 Å². The third-order valence-corrected chi connectivity index (χ3v) is 2.35. The fourth-order valence-corrected chi connectivity index (χ4v) is 1.52. The summed E-state index contributed by atoms with van der Waals surface area (Å²) in [6.07, 6.45) is -2.85. The summed E-state index contributed by atoms with van der Waals surface area (Å²) in [6, 6.07) is 0. The Morgan fingerprint density at radius 1 is 1.56 bits per heavy atom. The molecule has 1 atom stereocenters. The van der Waals surface area contributed by atoms with Crippen LogP contribution in [0.15, 0.2) is 12.4 Å². The van der Waals surface area contributed by atoms with Gasteiger partial charge in [-0.25, -0.2) is 0 Å². The van der Waals surface area contributed by atoms with Gasteiger partial charge in [0, 0.05) is 19.3 Å². The van der Waals surface area contributed by atoms with Crippen molar-refractivity contribution < 1.29 is 18.3 Å². The Bertz CT molecular complexity index is 366. The summed E-state index contributed by atoms with van der Waals surface area (Å²) in [4.78, 5) is 1.44. The van der Waals surface area contributed by atoms with E-state index in [0.717, 1.165) is 0 Å². The first kappa shape index (κ1) is 14.8. The molecule has 0 amide bonds. The molecular weight excluding hydrogens is 249 g/mol. The Labute approximate surface area is 103 Å². The molecule has 1 rings (SSSR count). The fourth-order valence-electron chi connectivity index (χ4n) is 1.52. The van der Waals surface area contributed by atoms with Gasteiger partial charge >= 0.3 is 6.18 Å². The monoisotopic (exact) mass is 266 g/mol. The molecule has 0 saturated heterocycles. The first-order chi connectivity index (χ1) is 8.26. The standard InChI is InChI=1S/C10H17F3N4O/c1-16(3-2-10(11,12)13)6-9(18)7-17-5-8(14)4-15-17/h4-5,9,18H,2-3,6-7,14H2,1H3. The minimum absolute atomic E-state index is 0.137. The minimum atomic E-state index is -4.17. The number of alkyl halides is 3. The molecule has 1 unspecified atom stereocenters. The smallest absolute Gasteiger partial charge is 0.390 e. The van der Waals surface area contributed by atoms with Crippen LogP contribution in [0, 0.1) is 0 Å². The van der Waals surface area contributed by atoms with E-state index >= 15 is 0 Å². The van der Waals surface area contributed by atoms with E-state index in [0.29, 0.717) is 5.69 Å². The summed E-state index contributed by atoms with van der Waals surface area (Å²) in [5.74, 6) is 0. The second-order valence-corrected chi connectivity index (χ2v) is 4.28. The lowest BCUT2D eigenvalue weighted by molar-refractivity contribution is -0.138. The molecule has 1 heterocycles. The third kappa shape index (κ3) is 5.87. The molecule has 5 nitrogen and oxygen atoms in total. The summed E-state index contributed by atoms with van der Waals surface area (Å²) in [5, 5.41) is 13.6. The quantitative estimate of drug-likeness (QED) is 0.796. The average Bonchev–Trinajstić information content (AvgIpc) is 2.59. The van der Waals surface area contributed by atoms with E-state index in [2.05, 4.69) is 5.10 Å². The molecule has 104 valence electrons. The molecule has 8 heteroatoms. The largest absolute Gasteiger partial charge is 0.396 e. The van der Waals surface area contributed by atoms with Gasteiger partial charge in [-0.2, -0.15) is 18.3 Å². The van der Waals surface area contributed by atoms with Gasteiger partial charge in [0.1, 0.15) is 0 Å². The number of likely N-dealkylation sites (N-methyl/N-ethyl adjacent to an activating group) is 1. The van der Waals surface area contributed by atoms with E-state index in [1.54, 1.807) is 6.20 Å². The molecule has 3 N–H and O–H groups in total. The van der Waals surface area contributed by atoms with Crippen molar-refractivity contribution >= 4 is 5.69 Å². The molecule has 0 aliphatic heterocycles. The van der Waals surface area contributed by atoms with Crippen LogP contribution in [-0.2, 0) is 6.54 Å². The molecule has 0 bridgehead atoms. The maximum Gasteiger partial charge on any atom is 0.390 e. The normalized spacial score (nSPS) is 14.1. The number of hydrogen-bond donors (Lipinski definition) is 2. The Morgan fingerprint density at radius 2 is 2.22 bits per heavy atom. The van der Waals surface area contributed by atoms with Crippen molar-refractivity contribution in [3.8, 4) is 0 Å². The first-order valence-electron chi connectivity index (χ1n) is 5.47. The van der Waals surface area contributed by atoms with Crippen LogP contribution in [0.3, 0.4) is 0 Å². The Kier molecular flexibility index (Phi) is 4.97. The van der Waals surface area contributed by atoms with E-state index in [1.165, 1.54) is 22.8 Å². The Morgan fingerprint density at radius 3 is 2.72 bits per heavy atom. The van der Waals surface area contributed by atoms with Gasteiger partial charge in [-0.1, -0.05) is 0 Å². The SMILES string of the molecule is CN(CCC(F)(F)F)CC(O)Cn1cc(N)cn1. The van der Waals surface area contributed by atoms with Crippen molar-refractivity contribution in [3.63, 3.8) is 0 Å². The van der Waals surface area contributed by atoms with Gasteiger partial charge in [-0.3, -0.25) is 4.68 Å². The number of nitrogens with zero attached hydrogens (tertiary/aromatic N) is 3. The molecule has 1 aromatic heterocycles. The zero-order valence-electron chi connectivity index (χ0n) is 10.1. The van der Waals surface area contributed by atoms with E-state index in [9.17, 15) is 18.3 Å². The number of aliphatic hydroxyl groups is 1. The van der Waals surface area contributed by atoms with Crippen LogP contribution in [0.1, 0.15) is 6.42 Å². The van der Waals surface area contributed by atoms with Crippen LogP contribution in [0.4, 0.5) is 18.9 Å². The van der Waals surface area contributed by atoms with Crippen molar-refractivity contribution in [2.75, 3.05) is 25.9 Å². The summed E-state index contributed by atoms with van der Waals surface area (Å²) >= 11 is 0. The van der Waals surface area contributed by atoms with Crippen LogP contribution >= 0.6 is 0 Å². The van der Waals surface area contributed by atoms with Crippen LogP contribution in [0.2, 0.25) is 0 Å². The lowest BCUT2D eigenvalue weighted by Gasteiger charge is -2.21. The molecule has 1 aromatic rings. The molecular formula is C10H17F3N4O. The molecule has 0 spiro atoms. The molecule has 0 aliphatic rings. The molecule has 0 fully saturated rings. The lowest BCUT2D eigenvalue weighted by atomic mass is 10.3. The molecule has 0 aliphatic carbocycles. The number of anilines is 1. The van der Waals surface area contributed by atoms with Crippen molar-refractivity contribution in [1.29, 1.82) is 0 Å². The van der Waals surface area contributed by atoms with Crippen molar-refractivity contribution in [3.05, 3.63) is 12.4 Å². The van der Waals surface area contributed by atoms with Gasteiger partial charge in [-0.05, 0) is 7.05 Å². The Hall–Kier alpha value is -1.28. The second kappa shape index (κ2) is 6.05. The van der Waals surface area contributed by atoms with Gasteiger partial charge in [0.05, 0.1) is 31.0 Å². The number of nitrogen functional groups attached to an aromatic ring is 1. The molecule has 0 saturated carbocycles. The van der Waals surface area contributed by atoms with Gasteiger partial charge in [0.2, 0.25) is 0 Å². The van der Waals surface area contributed by atoms with Gasteiger partial charge in [-0.15, -0.1) is 0 Å².